The van der Waals surface area contributed by atoms with Gasteiger partial charge in [0.2, 0.25) is 0 Å². The van der Waals surface area contributed by atoms with Crippen molar-refractivity contribution in [3.8, 4) is 0 Å². The van der Waals surface area contributed by atoms with Crippen LogP contribution in [0.1, 0.15) is 24.1 Å². The molecule has 2 unspecified atom stereocenters. The molecule has 2 rings (SSSR count). The van der Waals surface area contributed by atoms with E-state index < -0.39 is 0 Å². The Bertz CT molecular complexity index is 266. The Morgan fingerprint density at radius 1 is 1.53 bits per heavy atom. The van der Waals surface area contributed by atoms with Crippen LogP contribution in [0.25, 0.3) is 0 Å². The van der Waals surface area contributed by atoms with E-state index in [0.717, 1.165) is 13.2 Å². The molecule has 1 fully saturated rings. The van der Waals surface area contributed by atoms with Crippen LogP contribution in [0, 0.1) is 11.3 Å². The third kappa shape index (κ3) is 4.30. The Labute approximate surface area is 122 Å². The monoisotopic (exact) mass is 294 g/mol. The van der Waals surface area contributed by atoms with Crippen LogP contribution < -0.4 is 0 Å². The summed E-state index contributed by atoms with van der Waals surface area (Å²) in [5, 5.41) is 3.05. The fraction of sp³-hybridized carbons (Fsp3) is 0.636. The number of ether oxygens (including phenoxy) is 1. The normalized spacial score (nSPS) is 25.1. The fourth-order valence-electron chi connectivity index (χ4n) is 1.93. The van der Waals surface area contributed by atoms with Gasteiger partial charge in [0.1, 0.15) is 0 Å². The van der Waals surface area contributed by atoms with Crippen LogP contribution >= 0.6 is 11.3 Å². The SMILES string of the molecule is [B]C1CCCC1COCc1cc[c-]s1.[Y]. The molecule has 0 N–H and O–H groups in total. The van der Waals surface area contributed by atoms with Gasteiger partial charge in [-0.1, -0.05) is 18.7 Å². The number of hydrogen-bond acceptors (Lipinski definition) is 2. The minimum Gasteiger partial charge on any atom is -0.389 e. The summed E-state index contributed by atoms with van der Waals surface area (Å²) in [5.41, 5.74) is 0. The summed E-state index contributed by atoms with van der Waals surface area (Å²) >= 11 is 1.62. The smallest absolute Gasteiger partial charge is 0.0704 e. The van der Waals surface area contributed by atoms with Crippen LogP contribution in [0.4, 0.5) is 0 Å². The summed E-state index contributed by atoms with van der Waals surface area (Å²) in [7, 11) is 5.95. The van der Waals surface area contributed by atoms with Crippen molar-refractivity contribution in [1.29, 1.82) is 0 Å². The number of thiophene rings is 1. The molecule has 3 radical (unpaired) electrons. The molecule has 4 heteroatoms. The van der Waals surface area contributed by atoms with Gasteiger partial charge in [0.25, 0.3) is 0 Å². The molecule has 15 heavy (non-hydrogen) atoms. The number of hydrogen-bond donors (Lipinski definition) is 0. The van der Waals surface area contributed by atoms with Gasteiger partial charge >= 0.3 is 0 Å². The van der Waals surface area contributed by atoms with Crippen molar-refractivity contribution in [2.24, 2.45) is 5.92 Å². The van der Waals surface area contributed by atoms with Gasteiger partial charge < -0.3 is 4.74 Å². The zero-order chi connectivity index (χ0) is 9.80. The van der Waals surface area contributed by atoms with E-state index in [1.165, 1.54) is 24.1 Å². The molecule has 0 amide bonds. The maximum Gasteiger partial charge on any atom is 0.0704 e. The van der Waals surface area contributed by atoms with Gasteiger partial charge in [-0.15, -0.1) is 10.3 Å². The summed E-state index contributed by atoms with van der Waals surface area (Å²) in [4.78, 5) is 1.25. The van der Waals surface area contributed by atoms with E-state index >= 15 is 0 Å². The van der Waals surface area contributed by atoms with Gasteiger partial charge in [-0.25, -0.2) is 0 Å². The first-order chi connectivity index (χ1) is 6.86. The van der Waals surface area contributed by atoms with Gasteiger partial charge in [-0.05, 0) is 12.3 Å². The van der Waals surface area contributed by atoms with E-state index in [9.17, 15) is 0 Å². The zero-order valence-corrected chi connectivity index (χ0v) is 12.5. The van der Waals surface area contributed by atoms with E-state index in [1.807, 2.05) is 6.07 Å². The molecule has 0 bridgehead atoms. The topological polar surface area (TPSA) is 9.23 Å². The molecule has 1 aromatic rings. The average molecular weight is 294 g/mol. The molecule has 1 aliphatic carbocycles. The first-order valence-electron chi connectivity index (χ1n) is 5.14. The molecular weight excluding hydrogens is 280 g/mol. The van der Waals surface area contributed by atoms with E-state index in [0.29, 0.717) is 11.7 Å². The molecule has 1 saturated carbocycles. The Morgan fingerprint density at radius 3 is 3.00 bits per heavy atom. The number of rotatable bonds is 4. The first kappa shape index (κ1) is 13.9. The quantitative estimate of drug-likeness (QED) is 0.613. The molecule has 77 valence electrons. The molecule has 0 spiro atoms. The predicted molar refractivity (Wildman–Crippen MR) is 59.7 cm³/mol. The molecular formula is C11H14BOSY-. The maximum absolute atomic E-state index is 5.95. The van der Waals surface area contributed by atoms with Crippen molar-refractivity contribution < 1.29 is 37.4 Å². The summed E-state index contributed by atoms with van der Waals surface area (Å²) in [6, 6.07) is 3.99. The maximum atomic E-state index is 5.95. The van der Waals surface area contributed by atoms with Crippen LogP contribution in [0.5, 0.6) is 0 Å². The largest absolute Gasteiger partial charge is 0.389 e. The molecule has 1 nitrogen and oxygen atoms in total. The van der Waals surface area contributed by atoms with Crippen molar-refractivity contribution >= 4 is 19.2 Å². The molecule has 1 heterocycles. The Kier molecular flexibility index (Phi) is 6.68. The molecule has 1 aromatic heterocycles. The minimum atomic E-state index is 0. The third-order valence-corrected chi connectivity index (χ3v) is 3.59. The molecule has 0 aromatic carbocycles. The van der Waals surface area contributed by atoms with E-state index in [1.54, 1.807) is 11.3 Å². The van der Waals surface area contributed by atoms with Crippen molar-refractivity contribution in [3.63, 3.8) is 0 Å². The second kappa shape index (κ2) is 7.21. The molecule has 0 saturated heterocycles. The fourth-order valence-corrected chi connectivity index (χ4v) is 2.50. The van der Waals surface area contributed by atoms with E-state index in [4.69, 9.17) is 12.6 Å². The summed E-state index contributed by atoms with van der Waals surface area (Å²) in [6.45, 7) is 1.54. The van der Waals surface area contributed by atoms with Gasteiger partial charge in [-0.2, -0.15) is 12.1 Å². The van der Waals surface area contributed by atoms with Crippen molar-refractivity contribution in [1.82, 2.24) is 0 Å². The molecule has 2 atom stereocenters. The van der Waals surface area contributed by atoms with Crippen molar-refractivity contribution in [2.75, 3.05) is 6.61 Å². The van der Waals surface area contributed by atoms with Gasteiger partial charge in [0.15, 0.2) is 0 Å². The van der Waals surface area contributed by atoms with Crippen LogP contribution in [-0.2, 0) is 44.1 Å². The van der Waals surface area contributed by atoms with Crippen LogP contribution in [-0.4, -0.2) is 14.5 Å². The standard InChI is InChI=1S/C11H14BOS.Y/c12-11-5-1-3-9(11)7-13-8-10-4-2-6-14-10;/h2,4,9,11H,1,3,5,7-8H2;/q-1;. The van der Waals surface area contributed by atoms with Gasteiger partial charge in [0.05, 0.1) is 7.85 Å². The second-order valence-electron chi connectivity index (χ2n) is 3.89. The summed E-state index contributed by atoms with van der Waals surface area (Å²) in [5.74, 6) is 0.948. The zero-order valence-electron chi connectivity index (χ0n) is 8.82. The van der Waals surface area contributed by atoms with Crippen LogP contribution in [0.2, 0.25) is 5.82 Å². The Hall–Kier alpha value is 0.829. The van der Waals surface area contributed by atoms with E-state index in [2.05, 4.69) is 11.4 Å². The average Bonchev–Trinajstić information content (AvgIpc) is 2.78. The van der Waals surface area contributed by atoms with E-state index in [-0.39, 0.29) is 32.7 Å². The Morgan fingerprint density at radius 2 is 2.40 bits per heavy atom. The molecule has 1 aliphatic rings. The predicted octanol–water partition coefficient (Wildman–Crippen LogP) is 2.82. The first-order valence-corrected chi connectivity index (χ1v) is 5.96. The Balaban J connectivity index is 0.00000112. The second-order valence-corrected chi connectivity index (χ2v) is 4.85. The molecule has 0 aliphatic heterocycles. The van der Waals surface area contributed by atoms with Crippen LogP contribution in [0.3, 0.4) is 0 Å². The van der Waals surface area contributed by atoms with Gasteiger partial charge in [-0.3, -0.25) is 11.3 Å². The van der Waals surface area contributed by atoms with Gasteiger partial charge in [0, 0.05) is 45.9 Å². The minimum absolute atomic E-state index is 0. The summed E-state index contributed by atoms with van der Waals surface area (Å²) in [6.07, 6.45) is 3.67. The van der Waals surface area contributed by atoms with Crippen LogP contribution in [0.15, 0.2) is 12.1 Å². The summed E-state index contributed by atoms with van der Waals surface area (Å²) < 4.78 is 5.64. The van der Waals surface area contributed by atoms with Crippen molar-refractivity contribution in [2.45, 2.75) is 31.7 Å². The third-order valence-electron chi connectivity index (χ3n) is 2.82. The van der Waals surface area contributed by atoms with Crippen molar-refractivity contribution in [3.05, 3.63) is 22.4 Å².